The number of likely N-dealkylation sites (tertiary alicyclic amines) is 1. The molecule has 32 heavy (non-hydrogen) atoms. The lowest BCUT2D eigenvalue weighted by atomic mass is 9.75. The highest BCUT2D eigenvalue weighted by Crippen LogP contribution is 2.35. The molecule has 1 unspecified atom stereocenters. The second kappa shape index (κ2) is 8.48. The molecule has 1 saturated carbocycles. The Labute approximate surface area is 185 Å². The summed E-state index contributed by atoms with van der Waals surface area (Å²) in [6, 6.07) is 0.762. The van der Waals surface area contributed by atoms with Crippen molar-refractivity contribution in [3.8, 4) is 0 Å². The zero-order valence-corrected chi connectivity index (χ0v) is 18.4. The quantitative estimate of drug-likeness (QED) is 0.724. The fourth-order valence-corrected chi connectivity index (χ4v) is 4.97. The molecule has 4 rings (SSSR count). The average molecular weight is 445 g/mol. The largest absolute Gasteiger partial charge is 0.364 e. The molecule has 3 amide bonds. The number of carbonyl (C=O) groups excluding carboxylic acids is 3. The fourth-order valence-electron chi connectivity index (χ4n) is 4.97. The molecule has 0 spiro atoms. The van der Waals surface area contributed by atoms with Crippen molar-refractivity contribution in [1.29, 1.82) is 0 Å². The van der Waals surface area contributed by atoms with E-state index in [0.717, 1.165) is 25.7 Å². The van der Waals surface area contributed by atoms with Gasteiger partial charge in [0, 0.05) is 24.0 Å². The normalized spacial score (nSPS) is 25.1. The van der Waals surface area contributed by atoms with Crippen molar-refractivity contribution in [3.63, 3.8) is 0 Å². The Morgan fingerprint density at radius 2 is 2.12 bits per heavy atom. The highest BCUT2D eigenvalue weighted by Gasteiger charge is 2.41. The number of primary amides is 1. The van der Waals surface area contributed by atoms with Gasteiger partial charge in [-0.05, 0) is 30.7 Å². The van der Waals surface area contributed by atoms with E-state index in [1.807, 2.05) is 0 Å². The molecule has 2 aromatic rings. The van der Waals surface area contributed by atoms with Crippen LogP contribution in [-0.4, -0.2) is 62.2 Å². The Bertz CT molecular complexity index is 1050. The number of nitrogens with two attached hydrogens (primary N) is 1. The van der Waals surface area contributed by atoms with Crippen LogP contribution in [0.15, 0.2) is 18.5 Å². The average Bonchev–Trinajstić information content (AvgIpc) is 3.28. The monoisotopic (exact) mass is 444 g/mol. The predicted octanol–water partition coefficient (Wildman–Crippen LogP) is 1.55. The second-order valence-corrected chi connectivity index (χ2v) is 9.62. The van der Waals surface area contributed by atoms with E-state index in [9.17, 15) is 18.8 Å². The predicted molar refractivity (Wildman–Crippen MR) is 115 cm³/mol. The Kier molecular flexibility index (Phi) is 5.87. The molecular weight excluding hydrogens is 415 g/mol. The van der Waals surface area contributed by atoms with Crippen LogP contribution in [0.5, 0.6) is 0 Å². The molecule has 2 fully saturated rings. The number of carbonyl (C=O) groups is 3. The van der Waals surface area contributed by atoms with Gasteiger partial charge in [0.2, 0.25) is 11.8 Å². The number of fused-ring (bicyclic) bond motifs is 1. The van der Waals surface area contributed by atoms with E-state index in [2.05, 4.69) is 29.2 Å². The van der Waals surface area contributed by atoms with Gasteiger partial charge in [-0.2, -0.15) is 5.10 Å². The topological polar surface area (TPSA) is 123 Å². The summed E-state index contributed by atoms with van der Waals surface area (Å²) in [4.78, 5) is 43.1. The summed E-state index contributed by atoms with van der Waals surface area (Å²) in [6.07, 6.45) is 5.58. The molecule has 2 aromatic heterocycles. The summed E-state index contributed by atoms with van der Waals surface area (Å²) in [7, 11) is 0. The highest BCUT2D eigenvalue weighted by atomic mass is 19.1. The first-order chi connectivity index (χ1) is 15.1. The van der Waals surface area contributed by atoms with Crippen molar-refractivity contribution in [2.75, 3.05) is 6.54 Å². The number of hydrogen-bond donors (Lipinski definition) is 2. The first-order valence-electron chi connectivity index (χ1n) is 11.0. The number of hydrogen-bond acceptors (Lipinski definition) is 5. The zero-order valence-electron chi connectivity index (χ0n) is 18.4. The Hall–Kier alpha value is -3.04. The number of alkyl halides is 1. The first-order valence-corrected chi connectivity index (χ1v) is 11.0. The van der Waals surface area contributed by atoms with Gasteiger partial charge in [0.1, 0.15) is 18.8 Å². The number of pyridine rings is 1. The molecule has 0 bridgehead atoms. The summed E-state index contributed by atoms with van der Waals surface area (Å²) in [6.45, 7) is 3.96. The fraction of sp³-hybridized carbons (Fsp3) is 0.591. The van der Waals surface area contributed by atoms with Crippen molar-refractivity contribution >= 4 is 28.6 Å². The van der Waals surface area contributed by atoms with Crippen LogP contribution in [0.1, 0.15) is 56.4 Å². The van der Waals surface area contributed by atoms with Gasteiger partial charge >= 0.3 is 0 Å². The molecule has 2 aliphatic rings. The minimum Gasteiger partial charge on any atom is -0.364 e. The highest BCUT2D eigenvalue weighted by molar-refractivity contribution is 6.04. The Morgan fingerprint density at radius 3 is 2.84 bits per heavy atom. The van der Waals surface area contributed by atoms with Crippen molar-refractivity contribution in [3.05, 3.63) is 24.2 Å². The minimum absolute atomic E-state index is 0.0262. The molecule has 1 aliphatic heterocycles. The molecule has 1 saturated heterocycles. The summed E-state index contributed by atoms with van der Waals surface area (Å²) in [5.41, 5.74) is 6.06. The SMILES string of the molecule is CC1(C)CCCC(NC(=O)[C@@H]2C[C@@H](F)CN2C(=O)Cn2nc(C(N)=O)c3ccncc32)C1. The van der Waals surface area contributed by atoms with Gasteiger partial charge in [-0.25, -0.2) is 4.39 Å². The number of halogens is 1. The second-order valence-electron chi connectivity index (χ2n) is 9.62. The lowest BCUT2D eigenvalue weighted by molar-refractivity contribution is -0.139. The molecular formula is C22H29FN6O3. The van der Waals surface area contributed by atoms with Crippen molar-refractivity contribution in [2.24, 2.45) is 11.1 Å². The smallest absolute Gasteiger partial charge is 0.269 e. The molecule has 0 radical (unpaired) electrons. The number of nitrogens with zero attached hydrogens (tertiary/aromatic N) is 4. The maximum Gasteiger partial charge on any atom is 0.269 e. The maximum atomic E-state index is 14.3. The molecule has 0 aromatic carbocycles. The molecule has 3 atom stereocenters. The van der Waals surface area contributed by atoms with E-state index in [0.29, 0.717) is 10.9 Å². The van der Waals surface area contributed by atoms with E-state index in [4.69, 9.17) is 5.73 Å². The lowest BCUT2D eigenvalue weighted by Crippen LogP contribution is -2.50. The third kappa shape index (κ3) is 4.44. The molecule has 3 heterocycles. The van der Waals surface area contributed by atoms with Gasteiger partial charge in [-0.15, -0.1) is 0 Å². The van der Waals surface area contributed by atoms with E-state index in [-0.39, 0.29) is 42.6 Å². The van der Waals surface area contributed by atoms with Crippen LogP contribution in [0.4, 0.5) is 4.39 Å². The van der Waals surface area contributed by atoms with Crippen molar-refractivity contribution in [1.82, 2.24) is 25.0 Å². The van der Waals surface area contributed by atoms with Gasteiger partial charge in [0.15, 0.2) is 5.69 Å². The van der Waals surface area contributed by atoms with Crippen LogP contribution in [0.2, 0.25) is 0 Å². The Balaban J connectivity index is 1.50. The number of rotatable bonds is 5. The van der Waals surface area contributed by atoms with E-state index in [1.54, 1.807) is 6.07 Å². The van der Waals surface area contributed by atoms with Crippen molar-refractivity contribution in [2.45, 2.75) is 70.8 Å². The lowest BCUT2D eigenvalue weighted by Gasteiger charge is -2.36. The minimum atomic E-state index is -1.27. The first kappa shape index (κ1) is 22.2. The van der Waals surface area contributed by atoms with Crippen LogP contribution >= 0.6 is 0 Å². The molecule has 10 heteroatoms. The summed E-state index contributed by atoms with van der Waals surface area (Å²) in [5.74, 6) is -1.48. The number of amides is 3. The van der Waals surface area contributed by atoms with Crippen LogP contribution < -0.4 is 11.1 Å². The maximum absolute atomic E-state index is 14.3. The van der Waals surface area contributed by atoms with Gasteiger partial charge in [-0.1, -0.05) is 20.3 Å². The number of aromatic nitrogens is 3. The molecule has 172 valence electrons. The van der Waals surface area contributed by atoms with Crippen molar-refractivity contribution < 1.29 is 18.8 Å². The van der Waals surface area contributed by atoms with E-state index in [1.165, 1.54) is 22.0 Å². The molecule has 1 aliphatic carbocycles. The third-order valence-electron chi connectivity index (χ3n) is 6.50. The molecule has 3 N–H and O–H groups in total. The van der Waals surface area contributed by atoms with Crippen LogP contribution in [0.3, 0.4) is 0 Å². The Morgan fingerprint density at radius 1 is 1.34 bits per heavy atom. The van der Waals surface area contributed by atoms with E-state index < -0.39 is 24.0 Å². The summed E-state index contributed by atoms with van der Waals surface area (Å²) in [5, 5.41) is 7.69. The molecule has 9 nitrogen and oxygen atoms in total. The number of nitrogens with one attached hydrogen (secondary N) is 1. The van der Waals surface area contributed by atoms with Gasteiger partial charge in [0.05, 0.1) is 18.3 Å². The van der Waals surface area contributed by atoms with Gasteiger partial charge < -0.3 is 16.0 Å². The summed E-state index contributed by atoms with van der Waals surface area (Å²) < 4.78 is 15.6. The van der Waals surface area contributed by atoms with Crippen LogP contribution in [0.25, 0.3) is 10.9 Å². The zero-order chi connectivity index (χ0) is 23.0. The summed E-state index contributed by atoms with van der Waals surface area (Å²) >= 11 is 0. The van der Waals surface area contributed by atoms with E-state index >= 15 is 0 Å². The third-order valence-corrected chi connectivity index (χ3v) is 6.50. The van der Waals surface area contributed by atoms with Gasteiger partial charge in [-0.3, -0.25) is 24.0 Å². The van der Waals surface area contributed by atoms with Crippen LogP contribution in [0, 0.1) is 5.41 Å². The van der Waals surface area contributed by atoms with Gasteiger partial charge in [0.25, 0.3) is 5.91 Å². The van der Waals surface area contributed by atoms with Crippen LogP contribution in [-0.2, 0) is 16.1 Å². The standard InChI is InChI=1S/C22H29FN6O3/c1-22(2)6-3-4-14(9-22)26-21(32)16-8-13(23)11-28(16)18(30)12-29-17-10-25-7-5-15(17)19(27-29)20(24)31/h5,7,10,13-14,16H,3-4,6,8-9,11-12H2,1-2H3,(H2,24,31)(H,26,32)/t13-,14?,16+/m1/s1.